The number of halogens is 1. The fourth-order valence-electron chi connectivity index (χ4n) is 0.820. The van der Waals surface area contributed by atoms with E-state index >= 15 is 0 Å². The van der Waals surface area contributed by atoms with Crippen molar-refractivity contribution in [2.24, 2.45) is 4.99 Å². The van der Waals surface area contributed by atoms with Crippen molar-refractivity contribution in [1.82, 2.24) is 0 Å². The van der Waals surface area contributed by atoms with Crippen LogP contribution >= 0.6 is 15.9 Å². The Morgan fingerprint density at radius 3 is 3.00 bits per heavy atom. The Kier molecular flexibility index (Phi) is 3.74. The molecule has 0 aromatic heterocycles. The summed E-state index contributed by atoms with van der Waals surface area (Å²) >= 11 is 3.39. The fraction of sp³-hybridized carbons (Fsp3) is 0.100. The van der Waals surface area contributed by atoms with Crippen molar-refractivity contribution < 1.29 is 0 Å². The molecule has 1 nitrogen and oxygen atoms in total. The summed E-state index contributed by atoms with van der Waals surface area (Å²) in [5.41, 5.74) is 1.10. The van der Waals surface area contributed by atoms with Crippen LogP contribution in [0, 0.1) is 0 Å². The van der Waals surface area contributed by atoms with Gasteiger partial charge < -0.3 is 0 Å². The molecule has 2 heteroatoms. The Labute approximate surface area is 81.0 Å². The van der Waals surface area contributed by atoms with E-state index in [9.17, 15) is 0 Å². The van der Waals surface area contributed by atoms with Gasteiger partial charge in [0.2, 0.25) is 0 Å². The van der Waals surface area contributed by atoms with Crippen molar-refractivity contribution in [3.63, 3.8) is 0 Å². The van der Waals surface area contributed by atoms with Crippen LogP contribution in [0.15, 0.2) is 46.4 Å². The second-order valence-corrected chi connectivity index (χ2v) is 3.25. The van der Waals surface area contributed by atoms with Crippen LogP contribution in [0.1, 0.15) is 5.56 Å². The van der Waals surface area contributed by atoms with Crippen LogP contribution in [0.2, 0.25) is 0 Å². The zero-order chi connectivity index (χ0) is 8.81. The average molecular weight is 224 g/mol. The first kappa shape index (κ1) is 9.20. The molecule has 0 spiro atoms. The Balaban J connectivity index is 2.69. The minimum Gasteiger partial charge on any atom is -0.288 e. The summed E-state index contributed by atoms with van der Waals surface area (Å²) in [6.07, 6.45) is 3.61. The number of aliphatic imine (C=N–C) groups is 1. The van der Waals surface area contributed by atoms with Crippen LogP contribution in [-0.4, -0.2) is 12.8 Å². The minimum atomic E-state index is 0.673. The van der Waals surface area contributed by atoms with E-state index in [0.29, 0.717) is 6.54 Å². The SMILES string of the molecule is C=CCN=Cc1cccc(Br)c1. The Hall–Kier alpha value is -0.890. The molecule has 0 fully saturated rings. The van der Waals surface area contributed by atoms with E-state index in [1.807, 2.05) is 30.5 Å². The van der Waals surface area contributed by atoms with Gasteiger partial charge in [-0.15, -0.1) is 6.58 Å². The molecule has 0 aliphatic heterocycles. The summed E-state index contributed by atoms with van der Waals surface area (Å²) in [6, 6.07) is 8.01. The van der Waals surface area contributed by atoms with Gasteiger partial charge in [0.15, 0.2) is 0 Å². The third-order valence-corrected chi connectivity index (χ3v) is 1.82. The Bertz CT molecular complexity index is 292. The number of benzene rings is 1. The van der Waals surface area contributed by atoms with E-state index in [1.54, 1.807) is 6.08 Å². The predicted octanol–water partition coefficient (Wildman–Crippen LogP) is 3.05. The molecule has 0 radical (unpaired) electrons. The first-order chi connectivity index (χ1) is 5.83. The molecule has 1 aromatic rings. The highest BCUT2D eigenvalue weighted by Gasteiger charge is 1.87. The number of rotatable bonds is 3. The third kappa shape index (κ3) is 3.01. The molecule has 0 aliphatic carbocycles. The topological polar surface area (TPSA) is 12.4 Å². The lowest BCUT2D eigenvalue weighted by Crippen LogP contribution is -1.81. The summed E-state index contributed by atoms with van der Waals surface area (Å²) in [7, 11) is 0. The summed E-state index contributed by atoms with van der Waals surface area (Å²) < 4.78 is 1.07. The summed E-state index contributed by atoms with van der Waals surface area (Å²) in [6.45, 7) is 4.26. The van der Waals surface area contributed by atoms with Crippen molar-refractivity contribution in [2.45, 2.75) is 0 Å². The van der Waals surface area contributed by atoms with Gasteiger partial charge in [-0.1, -0.05) is 34.1 Å². The van der Waals surface area contributed by atoms with Crippen LogP contribution in [0.3, 0.4) is 0 Å². The van der Waals surface area contributed by atoms with Crippen LogP contribution in [-0.2, 0) is 0 Å². The van der Waals surface area contributed by atoms with Gasteiger partial charge in [0.1, 0.15) is 0 Å². The Morgan fingerprint density at radius 2 is 2.33 bits per heavy atom. The van der Waals surface area contributed by atoms with Crippen molar-refractivity contribution in [2.75, 3.05) is 6.54 Å². The van der Waals surface area contributed by atoms with Crippen LogP contribution in [0.4, 0.5) is 0 Å². The van der Waals surface area contributed by atoms with Crippen molar-refractivity contribution in [3.05, 3.63) is 47.0 Å². The quantitative estimate of drug-likeness (QED) is 0.552. The highest BCUT2D eigenvalue weighted by Crippen LogP contribution is 2.09. The summed E-state index contributed by atoms with van der Waals surface area (Å²) in [5.74, 6) is 0. The van der Waals surface area contributed by atoms with Crippen molar-refractivity contribution in [3.8, 4) is 0 Å². The lowest BCUT2D eigenvalue weighted by Gasteiger charge is -1.92. The highest BCUT2D eigenvalue weighted by molar-refractivity contribution is 9.10. The van der Waals surface area contributed by atoms with Gasteiger partial charge in [0, 0.05) is 10.7 Å². The van der Waals surface area contributed by atoms with Gasteiger partial charge in [-0.2, -0.15) is 0 Å². The maximum Gasteiger partial charge on any atom is 0.0567 e. The highest BCUT2D eigenvalue weighted by atomic mass is 79.9. The van der Waals surface area contributed by atoms with E-state index < -0.39 is 0 Å². The molecule has 0 saturated heterocycles. The molecule has 0 heterocycles. The number of hydrogen-bond donors (Lipinski definition) is 0. The fourth-order valence-corrected chi connectivity index (χ4v) is 1.24. The number of nitrogens with zero attached hydrogens (tertiary/aromatic N) is 1. The van der Waals surface area contributed by atoms with Gasteiger partial charge in [-0.3, -0.25) is 4.99 Å². The molecule has 0 saturated carbocycles. The van der Waals surface area contributed by atoms with Crippen LogP contribution in [0.25, 0.3) is 0 Å². The lowest BCUT2D eigenvalue weighted by atomic mass is 10.2. The molecule has 0 bridgehead atoms. The Morgan fingerprint density at radius 1 is 1.50 bits per heavy atom. The zero-order valence-electron chi connectivity index (χ0n) is 6.70. The second-order valence-electron chi connectivity index (χ2n) is 2.34. The molecule has 0 unspecified atom stereocenters. The molecule has 62 valence electrons. The molecular formula is C10H10BrN. The zero-order valence-corrected chi connectivity index (χ0v) is 8.29. The summed E-state index contributed by atoms with van der Waals surface area (Å²) in [5, 5.41) is 0. The van der Waals surface area contributed by atoms with E-state index in [0.717, 1.165) is 10.0 Å². The van der Waals surface area contributed by atoms with E-state index in [4.69, 9.17) is 0 Å². The van der Waals surface area contributed by atoms with E-state index in [2.05, 4.69) is 27.5 Å². The molecule has 1 aromatic carbocycles. The molecular weight excluding hydrogens is 214 g/mol. The molecule has 1 rings (SSSR count). The smallest absolute Gasteiger partial charge is 0.0567 e. The third-order valence-electron chi connectivity index (χ3n) is 1.32. The maximum atomic E-state index is 4.14. The average Bonchev–Trinajstić information content (AvgIpc) is 2.05. The first-order valence-electron chi connectivity index (χ1n) is 3.69. The van der Waals surface area contributed by atoms with Gasteiger partial charge >= 0.3 is 0 Å². The molecule has 0 atom stereocenters. The first-order valence-corrected chi connectivity index (χ1v) is 4.48. The maximum absolute atomic E-state index is 4.14. The monoisotopic (exact) mass is 223 g/mol. The predicted molar refractivity (Wildman–Crippen MR) is 56.8 cm³/mol. The second kappa shape index (κ2) is 4.88. The van der Waals surface area contributed by atoms with Gasteiger partial charge in [0.05, 0.1) is 6.54 Å². The largest absolute Gasteiger partial charge is 0.288 e. The van der Waals surface area contributed by atoms with Gasteiger partial charge in [0.25, 0.3) is 0 Å². The van der Waals surface area contributed by atoms with Crippen LogP contribution < -0.4 is 0 Å². The molecule has 0 amide bonds. The summed E-state index contributed by atoms with van der Waals surface area (Å²) in [4.78, 5) is 4.14. The number of hydrogen-bond acceptors (Lipinski definition) is 1. The standard InChI is InChI=1S/C10H10BrN/c1-2-6-12-8-9-4-3-5-10(11)7-9/h2-5,7-8H,1,6H2. The van der Waals surface area contributed by atoms with Crippen LogP contribution in [0.5, 0.6) is 0 Å². The minimum absolute atomic E-state index is 0.673. The van der Waals surface area contributed by atoms with Gasteiger partial charge in [-0.25, -0.2) is 0 Å². The molecule has 0 N–H and O–H groups in total. The molecule has 12 heavy (non-hydrogen) atoms. The lowest BCUT2D eigenvalue weighted by molar-refractivity contribution is 1.26. The van der Waals surface area contributed by atoms with Gasteiger partial charge in [-0.05, 0) is 17.7 Å². The van der Waals surface area contributed by atoms with E-state index in [-0.39, 0.29) is 0 Å². The van der Waals surface area contributed by atoms with E-state index in [1.165, 1.54) is 0 Å². The van der Waals surface area contributed by atoms with Crippen molar-refractivity contribution in [1.29, 1.82) is 0 Å². The molecule has 0 aliphatic rings. The van der Waals surface area contributed by atoms with Crippen molar-refractivity contribution >= 4 is 22.1 Å². The normalized spacial score (nSPS) is 10.4.